The van der Waals surface area contributed by atoms with Crippen molar-refractivity contribution in [2.45, 2.75) is 0 Å². The van der Waals surface area contributed by atoms with Crippen molar-refractivity contribution >= 4 is 54.3 Å². The van der Waals surface area contributed by atoms with E-state index in [1.165, 1.54) is 48.8 Å². The molecule has 37 heavy (non-hydrogen) atoms. The first-order valence-corrected chi connectivity index (χ1v) is 12.5. The second kappa shape index (κ2) is 7.78. The number of fused-ring (bicyclic) bond motifs is 7. The van der Waals surface area contributed by atoms with Crippen molar-refractivity contribution in [2.75, 3.05) is 0 Å². The van der Waals surface area contributed by atoms with E-state index < -0.39 is 0 Å². The molecule has 0 radical (unpaired) electrons. The van der Waals surface area contributed by atoms with E-state index in [1.54, 1.807) is 0 Å². The van der Waals surface area contributed by atoms with Gasteiger partial charge in [0.1, 0.15) is 11.2 Å². The molecular formula is C35H21NO. The first-order chi connectivity index (χ1) is 18.3. The van der Waals surface area contributed by atoms with Crippen molar-refractivity contribution in [3.63, 3.8) is 0 Å². The highest BCUT2D eigenvalue weighted by atomic mass is 16.3. The Labute approximate surface area is 213 Å². The average Bonchev–Trinajstić information content (AvgIpc) is 3.34. The lowest BCUT2D eigenvalue weighted by Crippen LogP contribution is -1.88. The lowest BCUT2D eigenvalue weighted by atomic mass is 9.90. The Morgan fingerprint density at radius 1 is 0.486 bits per heavy atom. The molecule has 2 aromatic heterocycles. The molecule has 2 heteroatoms. The summed E-state index contributed by atoms with van der Waals surface area (Å²) in [6, 6.07) is 41.0. The van der Waals surface area contributed by atoms with Gasteiger partial charge in [0, 0.05) is 34.3 Å². The van der Waals surface area contributed by atoms with Gasteiger partial charge in [0.05, 0.1) is 0 Å². The summed E-state index contributed by atoms with van der Waals surface area (Å²) < 4.78 is 6.71. The number of rotatable bonds is 2. The lowest BCUT2D eigenvalue weighted by molar-refractivity contribution is 0.671. The molecule has 0 saturated heterocycles. The maximum atomic E-state index is 6.71. The fraction of sp³-hybridized carbons (Fsp3) is 0. The van der Waals surface area contributed by atoms with Crippen LogP contribution < -0.4 is 0 Å². The van der Waals surface area contributed by atoms with Crippen LogP contribution in [0.1, 0.15) is 0 Å². The molecule has 8 aromatic rings. The number of pyridine rings is 1. The summed E-state index contributed by atoms with van der Waals surface area (Å²) in [6.45, 7) is 0. The predicted octanol–water partition coefficient (Wildman–Crippen LogP) is 9.77. The van der Waals surface area contributed by atoms with Crippen molar-refractivity contribution in [3.05, 3.63) is 128 Å². The zero-order valence-electron chi connectivity index (χ0n) is 20.0. The highest BCUT2D eigenvalue weighted by Gasteiger charge is 2.19. The minimum Gasteiger partial charge on any atom is -0.455 e. The lowest BCUT2D eigenvalue weighted by Gasteiger charge is -2.13. The highest BCUT2D eigenvalue weighted by molar-refractivity contribution is 6.25. The summed E-state index contributed by atoms with van der Waals surface area (Å²) >= 11 is 0. The van der Waals surface area contributed by atoms with Crippen LogP contribution in [0.2, 0.25) is 0 Å². The molecule has 172 valence electrons. The second-order valence-electron chi connectivity index (χ2n) is 9.59. The number of nitrogens with zero attached hydrogens (tertiary/aromatic N) is 1. The highest BCUT2D eigenvalue weighted by Crippen LogP contribution is 2.44. The van der Waals surface area contributed by atoms with Crippen LogP contribution in [0.3, 0.4) is 0 Å². The van der Waals surface area contributed by atoms with Crippen LogP contribution in [-0.2, 0) is 0 Å². The molecule has 0 saturated carbocycles. The molecule has 0 amide bonds. The van der Waals surface area contributed by atoms with Crippen LogP contribution in [-0.4, -0.2) is 4.98 Å². The van der Waals surface area contributed by atoms with Gasteiger partial charge in [-0.15, -0.1) is 0 Å². The smallest absolute Gasteiger partial charge is 0.143 e. The first kappa shape index (κ1) is 20.3. The maximum Gasteiger partial charge on any atom is 0.143 e. The predicted molar refractivity (Wildman–Crippen MR) is 155 cm³/mol. The molecule has 0 atom stereocenters. The van der Waals surface area contributed by atoms with Crippen LogP contribution in [0, 0.1) is 0 Å². The third-order valence-corrected chi connectivity index (χ3v) is 7.52. The molecule has 0 aliphatic carbocycles. The van der Waals surface area contributed by atoms with E-state index >= 15 is 0 Å². The van der Waals surface area contributed by atoms with Gasteiger partial charge in [-0.25, -0.2) is 0 Å². The molecule has 0 spiro atoms. The Hall–Kier alpha value is -4.95. The van der Waals surface area contributed by atoms with Crippen LogP contribution in [0.15, 0.2) is 132 Å². The molecule has 0 unspecified atom stereocenters. The summed E-state index contributed by atoms with van der Waals surface area (Å²) in [5, 5.41) is 9.57. The van der Waals surface area contributed by atoms with Gasteiger partial charge < -0.3 is 4.42 Å². The van der Waals surface area contributed by atoms with E-state index in [2.05, 4.69) is 114 Å². The third-order valence-electron chi connectivity index (χ3n) is 7.52. The number of furan rings is 1. The monoisotopic (exact) mass is 471 g/mol. The fourth-order valence-corrected chi connectivity index (χ4v) is 5.82. The molecule has 0 aliphatic heterocycles. The molecule has 0 N–H and O–H groups in total. The van der Waals surface area contributed by atoms with E-state index in [0.29, 0.717) is 0 Å². The zero-order valence-corrected chi connectivity index (χ0v) is 20.0. The Kier molecular flexibility index (Phi) is 4.26. The molecule has 2 nitrogen and oxygen atoms in total. The summed E-state index contributed by atoms with van der Waals surface area (Å²) in [6.07, 6.45) is 3.75. The molecule has 2 heterocycles. The molecule has 0 aliphatic rings. The fourth-order valence-electron chi connectivity index (χ4n) is 5.82. The standard InChI is InChI=1S/C35H21NO/c1-2-9-23-20-33-32(18-22(23)8-1)34-27-12-4-3-10-24(27)19-31(35(34)37-33)30-16-15-26(25-11-7-17-36-21-25)28-13-5-6-14-29(28)30/h1-21H. The molecular weight excluding hydrogens is 450 g/mol. The number of hydrogen-bond donors (Lipinski definition) is 0. The van der Waals surface area contributed by atoms with Gasteiger partial charge in [-0.05, 0) is 67.7 Å². The number of aromatic nitrogens is 1. The summed E-state index contributed by atoms with van der Waals surface area (Å²) in [7, 11) is 0. The van der Waals surface area contributed by atoms with E-state index in [-0.39, 0.29) is 0 Å². The van der Waals surface area contributed by atoms with Gasteiger partial charge in [-0.1, -0.05) is 91.0 Å². The van der Waals surface area contributed by atoms with Crippen molar-refractivity contribution in [3.8, 4) is 22.3 Å². The normalized spacial score (nSPS) is 11.8. The topological polar surface area (TPSA) is 26.0 Å². The summed E-state index contributed by atoms with van der Waals surface area (Å²) in [5.41, 5.74) is 6.43. The van der Waals surface area contributed by atoms with Gasteiger partial charge >= 0.3 is 0 Å². The van der Waals surface area contributed by atoms with Gasteiger partial charge in [0.25, 0.3) is 0 Å². The Balaban J connectivity index is 1.51. The molecule has 6 aromatic carbocycles. The quantitative estimate of drug-likeness (QED) is 0.251. The minimum atomic E-state index is 0.919. The zero-order chi connectivity index (χ0) is 24.3. The maximum absolute atomic E-state index is 6.71. The Morgan fingerprint density at radius 3 is 1.95 bits per heavy atom. The summed E-state index contributed by atoms with van der Waals surface area (Å²) in [4.78, 5) is 4.36. The Morgan fingerprint density at radius 2 is 1.16 bits per heavy atom. The molecule has 0 fully saturated rings. The second-order valence-corrected chi connectivity index (χ2v) is 9.59. The SMILES string of the molecule is c1cncc(-c2ccc(-c3cc4ccccc4c4c3oc3cc5ccccc5cc34)c3ccccc23)c1. The van der Waals surface area contributed by atoms with Crippen molar-refractivity contribution in [1.82, 2.24) is 4.98 Å². The van der Waals surface area contributed by atoms with E-state index in [4.69, 9.17) is 4.42 Å². The van der Waals surface area contributed by atoms with E-state index in [1.807, 2.05) is 18.5 Å². The molecule has 8 rings (SSSR count). The van der Waals surface area contributed by atoms with Crippen molar-refractivity contribution in [2.24, 2.45) is 0 Å². The number of benzene rings is 6. The average molecular weight is 472 g/mol. The van der Waals surface area contributed by atoms with Gasteiger partial charge in [0.2, 0.25) is 0 Å². The van der Waals surface area contributed by atoms with E-state index in [9.17, 15) is 0 Å². The largest absolute Gasteiger partial charge is 0.455 e. The Bertz CT molecular complexity index is 2140. The van der Waals surface area contributed by atoms with Crippen molar-refractivity contribution < 1.29 is 4.42 Å². The summed E-state index contributed by atoms with van der Waals surface area (Å²) in [5.74, 6) is 0. The van der Waals surface area contributed by atoms with Crippen molar-refractivity contribution in [1.29, 1.82) is 0 Å². The van der Waals surface area contributed by atoms with Gasteiger partial charge in [-0.2, -0.15) is 0 Å². The van der Waals surface area contributed by atoms with Crippen LogP contribution >= 0.6 is 0 Å². The van der Waals surface area contributed by atoms with Crippen LogP contribution in [0.4, 0.5) is 0 Å². The number of hydrogen-bond acceptors (Lipinski definition) is 2. The van der Waals surface area contributed by atoms with Gasteiger partial charge in [0.15, 0.2) is 0 Å². The van der Waals surface area contributed by atoms with Crippen LogP contribution in [0.25, 0.3) is 76.5 Å². The molecule has 0 bridgehead atoms. The third kappa shape index (κ3) is 3.03. The van der Waals surface area contributed by atoms with E-state index in [0.717, 1.165) is 27.7 Å². The minimum absolute atomic E-state index is 0.919. The first-order valence-electron chi connectivity index (χ1n) is 12.5. The van der Waals surface area contributed by atoms with Crippen LogP contribution in [0.5, 0.6) is 0 Å². The van der Waals surface area contributed by atoms with Gasteiger partial charge in [-0.3, -0.25) is 4.98 Å².